The highest BCUT2D eigenvalue weighted by Gasteiger charge is 2.19. The van der Waals surface area contributed by atoms with Gasteiger partial charge in [-0.3, -0.25) is 10.4 Å². The molecule has 0 saturated heterocycles. The van der Waals surface area contributed by atoms with E-state index in [4.69, 9.17) is 28.9 Å². The van der Waals surface area contributed by atoms with Crippen LogP contribution >= 0.6 is 11.6 Å². The number of hydrazine groups is 1. The maximum Gasteiger partial charge on any atom is 0.222 e. The average molecular weight is 592 g/mol. The Morgan fingerprint density at radius 2 is 1.83 bits per heavy atom. The smallest absolute Gasteiger partial charge is 0.222 e. The van der Waals surface area contributed by atoms with Gasteiger partial charge in [-0.05, 0) is 63.4 Å². The number of nitrogens with zero attached hydrogens (tertiary/aromatic N) is 5. The standard InChI is InChI=1S/C24H29ClF2N10.C2H6.CH5N/c1-12(9-28)13(2)34-37-15(4)14(3)33-24(37)32-11-21-19(26)6-16(10-31-21)18-7-17(25)8-20(27)22(18)23(29)35-36(5)30;2*1-2/h6-10,34H,2,11,28,30H2,1,3-5H3,(H2,29,35)(H,32,33);1-2H3;2H2,1H3/b12-9+;;. The first kappa shape index (κ1) is 34.8. The first-order chi connectivity index (χ1) is 19.4. The number of halogens is 3. The summed E-state index contributed by atoms with van der Waals surface area (Å²) in [5.41, 5.74) is 22.6. The fourth-order valence-electron chi connectivity index (χ4n) is 3.38. The van der Waals surface area contributed by atoms with E-state index in [1.807, 2.05) is 34.6 Å². The van der Waals surface area contributed by atoms with Crippen LogP contribution in [-0.4, -0.2) is 39.7 Å². The van der Waals surface area contributed by atoms with Crippen LogP contribution in [0.1, 0.15) is 43.4 Å². The largest absolute Gasteiger partial charge is 0.404 e. The maximum atomic E-state index is 15.1. The number of benzene rings is 1. The number of nitrogens with two attached hydrogens (primary N) is 4. The monoisotopic (exact) mass is 591 g/mol. The Bertz CT molecular complexity index is 1400. The van der Waals surface area contributed by atoms with E-state index in [1.54, 1.807) is 4.68 Å². The molecule has 0 aliphatic heterocycles. The van der Waals surface area contributed by atoms with Crippen LogP contribution < -0.4 is 33.8 Å². The molecule has 0 aliphatic rings. The van der Waals surface area contributed by atoms with Crippen LogP contribution in [0.4, 0.5) is 14.7 Å². The summed E-state index contributed by atoms with van der Waals surface area (Å²) < 4.78 is 31.6. The Morgan fingerprint density at radius 1 is 1.20 bits per heavy atom. The van der Waals surface area contributed by atoms with Gasteiger partial charge in [-0.2, -0.15) is 0 Å². The number of imidazole rings is 1. The molecule has 11 nitrogen and oxygen atoms in total. The number of nitrogens with one attached hydrogen (secondary N) is 2. The number of amidine groups is 1. The summed E-state index contributed by atoms with van der Waals surface area (Å²) in [5, 5.41) is 7.96. The number of hydrazone groups is 1. The molecule has 0 spiro atoms. The second-order valence-electron chi connectivity index (χ2n) is 8.26. The summed E-state index contributed by atoms with van der Waals surface area (Å²) in [6.07, 6.45) is 2.83. The molecule has 41 heavy (non-hydrogen) atoms. The highest BCUT2D eigenvalue weighted by Crippen LogP contribution is 2.30. The summed E-state index contributed by atoms with van der Waals surface area (Å²) in [4.78, 5) is 8.71. The molecule has 1 aromatic carbocycles. The lowest BCUT2D eigenvalue weighted by Crippen LogP contribution is -2.26. The molecule has 0 unspecified atom stereocenters. The second-order valence-corrected chi connectivity index (χ2v) is 8.69. The zero-order chi connectivity index (χ0) is 31.4. The zero-order valence-electron chi connectivity index (χ0n) is 24.5. The molecule has 0 atom stereocenters. The lowest BCUT2D eigenvalue weighted by molar-refractivity contribution is 0.371. The van der Waals surface area contributed by atoms with Gasteiger partial charge in [0.1, 0.15) is 11.6 Å². The van der Waals surface area contributed by atoms with E-state index < -0.39 is 11.6 Å². The Labute approximate surface area is 244 Å². The molecule has 14 heteroatoms. The van der Waals surface area contributed by atoms with Gasteiger partial charge in [0, 0.05) is 23.8 Å². The van der Waals surface area contributed by atoms with Crippen molar-refractivity contribution in [2.24, 2.45) is 28.1 Å². The first-order valence-electron chi connectivity index (χ1n) is 12.6. The molecule has 3 rings (SSSR count). The van der Waals surface area contributed by atoms with Crippen LogP contribution in [0.5, 0.6) is 0 Å². The number of aromatic nitrogens is 3. The Kier molecular flexibility index (Phi) is 13.7. The van der Waals surface area contributed by atoms with Crippen molar-refractivity contribution in [3.8, 4) is 11.1 Å². The van der Waals surface area contributed by atoms with Crippen LogP contribution in [0.15, 0.2) is 53.5 Å². The molecule has 0 fully saturated rings. The van der Waals surface area contributed by atoms with Crippen molar-refractivity contribution in [1.82, 2.24) is 19.8 Å². The number of aryl methyl sites for hydroxylation is 1. The average Bonchev–Trinajstić information content (AvgIpc) is 3.20. The predicted molar refractivity (Wildman–Crippen MR) is 164 cm³/mol. The summed E-state index contributed by atoms with van der Waals surface area (Å²) >= 11 is 6.05. The third kappa shape index (κ3) is 8.90. The minimum absolute atomic E-state index is 0.0141. The van der Waals surface area contributed by atoms with Crippen LogP contribution in [0, 0.1) is 25.5 Å². The third-order valence-corrected chi connectivity index (χ3v) is 5.75. The van der Waals surface area contributed by atoms with E-state index in [1.165, 1.54) is 38.6 Å². The molecular formula is C27H40ClF2N11. The number of hydrogen-bond acceptors (Lipinski definition) is 9. The Hall–Kier alpha value is -4.20. The highest BCUT2D eigenvalue weighted by molar-refractivity contribution is 6.31. The summed E-state index contributed by atoms with van der Waals surface area (Å²) in [6.45, 7) is 13.5. The van der Waals surface area contributed by atoms with E-state index >= 15 is 4.39 Å². The molecule has 0 saturated carbocycles. The lowest BCUT2D eigenvalue weighted by atomic mass is 9.99. The van der Waals surface area contributed by atoms with Crippen LogP contribution in [0.3, 0.4) is 0 Å². The molecule has 0 radical (unpaired) electrons. The number of anilines is 1. The highest BCUT2D eigenvalue weighted by atomic mass is 35.5. The molecule has 224 valence electrons. The van der Waals surface area contributed by atoms with Gasteiger partial charge >= 0.3 is 0 Å². The van der Waals surface area contributed by atoms with Crippen LogP contribution in [0.25, 0.3) is 11.1 Å². The number of rotatable bonds is 9. The maximum absolute atomic E-state index is 15.1. The van der Waals surface area contributed by atoms with Gasteiger partial charge in [-0.25, -0.2) is 29.4 Å². The van der Waals surface area contributed by atoms with E-state index in [9.17, 15) is 4.39 Å². The van der Waals surface area contributed by atoms with Crippen LogP contribution in [0.2, 0.25) is 5.02 Å². The van der Waals surface area contributed by atoms with Crippen molar-refractivity contribution in [2.75, 3.05) is 24.8 Å². The van der Waals surface area contributed by atoms with Gasteiger partial charge < -0.3 is 22.5 Å². The molecule has 0 amide bonds. The van der Waals surface area contributed by atoms with E-state index in [0.717, 1.165) is 28.1 Å². The number of allylic oxidation sites excluding steroid dienone is 1. The molecular weight excluding hydrogens is 552 g/mol. The van der Waals surface area contributed by atoms with Gasteiger partial charge in [0.15, 0.2) is 5.84 Å². The molecule has 10 N–H and O–H groups in total. The predicted octanol–water partition coefficient (Wildman–Crippen LogP) is 4.05. The summed E-state index contributed by atoms with van der Waals surface area (Å²) in [5.74, 6) is 4.37. The van der Waals surface area contributed by atoms with E-state index in [0.29, 0.717) is 11.6 Å². The van der Waals surface area contributed by atoms with Crippen LogP contribution in [-0.2, 0) is 6.54 Å². The van der Waals surface area contributed by atoms with Gasteiger partial charge in [0.2, 0.25) is 5.95 Å². The quantitative estimate of drug-likeness (QED) is 0.0705. The SMILES string of the molecule is C=C(Nn1c(NCc2ncc(-c3cc(Cl)cc(F)c3/C(N)=N/N(C)N)cc2F)nc(C)c1C)/C(C)=C/N.CC.CN. The zero-order valence-corrected chi connectivity index (χ0v) is 25.2. The van der Waals surface area contributed by atoms with Crippen molar-refractivity contribution in [3.63, 3.8) is 0 Å². The normalized spacial score (nSPS) is 11.1. The third-order valence-electron chi connectivity index (χ3n) is 5.54. The van der Waals surface area contributed by atoms with Crippen molar-refractivity contribution < 1.29 is 8.78 Å². The molecule has 2 aromatic heterocycles. The van der Waals surface area contributed by atoms with Gasteiger partial charge in [0.05, 0.1) is 34.9 Å². The lowest BCUT2D eigenvalue weighted by Gasteiger charge is -2.16. The van der Waals surface area contributed by atoms with Crippen molar-refractivity contribution >= 4 is 23.4 Å². The van der Waals surface area contributed by atoms with Crippen molar-refractivity contribution in [2.45, 2.75) is 41.2 Å². The topological polar surface area (TPSA) is 174 Å². The van der Waals surface area contributed by atoms with Crippen molar-refractivity contribution in [3.05, 3.63) is 87.7 Å². The fraction of sp³-hybridized carbons (Fsp3) is 0.296. The van der Waals surface area contributed by atoms with Gasteiger partial charge in [0.25, 0.3) is 0 Å². The minimum Gasteiger partial charge on any atom is -0.404 e. The van der Waals surface area contributed by atoms with Gasteiger partial charge in [-0.1, -0.05) is 32.0 Å². The summed E-state index contributed by atoms with van der Waals surface area (Å²) in [6, 6.07) is 3.75. The van der Waals surface area contributed by atoms with Crippen molar-refractivity contribution in [1.29, 1.82) is 0 Å². The second kappa shape index (κ2) is 16.2. The number of pyridine rings is 1. The molecule has 0 aliphatic carbocycles. The minimum atomic E-state index is -0.733. The van der Waals surface area contributed by atoms with E-state index in [2.05, 4.69) is 38.1 Å². The number of hydrogen-bond donors (Lipinski definition) is 6. The van der Waals surface area contributed by atoms with E-state index in [-0.39, 0.29) is 39.8 Å². The fourth-order valence-corrected chi connectivity index (χ4v) is 3.58. The molecule has 0 bridgehead atoms. The molecule has 3 aromatic rings. The Morgan fingerprint density at radius 3 is 2.39 bits per heavy atom. The van der Waals surface area contributed by atoms with Gasteiger partial charge in [-0.15, -0.1) is 5.10 Å². The first-order valence-corrected chi connectivity index (χ1v) is 13.0. The Balaban J connectivity index is 0.00000201. The summed E-state index contributed by atoms with van der Waals surface area (Å²) in [7, 11) is 2.93. The molecule has 2 heterocycles.